The zero-order valence-electron chi connectivity index (χ0n) is 18.7. The van der Waals surface area contributed by atoms with Crippen LogP contribution in [0.3, 0.4) is 0 Å². The molecule has 1 aliphatic heterocycles. The number of hydrogen-bond donors (Lipinski definition) is 1. The molecule has 1 aliphatic rings. The van der Waals surface area contributed by atoms with Gasteiger partial charge in [-0.25, -0.2) is 23.4 Å². The summed E-state index contributed by atoms with van der Waals surface area (Å²) >= 11 is 0. The normalized spacial score (nSPS) is 15.8. The van der Waals surface area contributed by atoms with E-state index in [4.69, 9.17) is 15.6 Å². The second-order valence-corrected chi connectivity index (χ2v) is 8.28. The lowest BCUT2D eigenvalue weighted by Gasteiger charge is -2.32. The Hall–Kier alpha value is -4.34. The lowest BCUT2D eigenvalue weighted by atomic mass is 10.1. The van der Waals surface area contributed by atoms with Gasteiger partial charge in [0.15, 0.2) is 11.5 Å². The van der Waals surface area contributed by atoms with Crippen molar-refractivity contribution in [3.05, 3.63) is 73.1 Å². The summed E-state index contributed by atoms with van der Waals surface area (Å²) < 4.78 is 34.1. The van der Waals surface area contributed by atoms with Crippen molar-refractivity contribution in [2.24, 2.45) is 0 Å². The van der Waals surface area contributed by atoms with Gasteiger partial charge < -0.3 is 15.4 Å². The van der Waals surface area contributed by atoms with Crippen LogP contribution in [-0.4, -0.2) is 43.6 Å². The van der Waals surface area contributed by atoms with Crippen LogP contribution in [0.25, 0.3) is 22.3 Å². The van der Waals surface area contributed by atoms with E-state index in [1.165, 1.54) is 23.4 Å². The molecule has 1 atom stereocenters. The lowest BCUT2D eigenvalue weighted by molar-refractivity contribution is -0.130. The molecule has 0 saturated carbocycles. The van der Waals surface area contributed by atoms with E-state index >= 15 is 0 Å². The molecule has 4 aromatic rings. The van der Waals surface area contributed by atoms with Crippen molar-refractivity contribution < 1.29 is 18.3 Å². The summed E-state index contributed by atoms with van der Waals surface area (Å²) in [5.74, 6) is -0.664. The smallest absolute Gasteiger partial charge is 0.282 e. The van der Waals surface area contributed by atoms with Crippen molar-refractivity contribution in [2.45, 2.75) is 18.9 Å². The molecule has 2 N–H and O–H groups in total. The van der Waals surface area contributed by atoms with E-state index in [1.54, 1.807) is 28.9 Å². The number of carbonyl (C=O) groups excluding carboxylic acids is 1. The Morgan fingerprint density at radius 3 is 2.46 bits per heavy atom. The first-order valence-electron chi connectivity index (χ1n) is 11.1. The summed E-state index contributed by atoms with van der Waals surface area (Å²) in [6.07, 6.45) is 2.80. The minimum Gasteiger partial charge on any atom is -0.457 e. The molecule has 0 spiro atoms. The highest BCUT2D eigenvalue weighted by atomic mass is 19.1. The average molecular weight is 476 g/mol. The summed E-state index contributed by atoms with van der Waals surface area (Å²) in [6, 6.07) is 12.8. The minimum atomic E-state index is -0.980. The third-order valence-electron chi connectivity index (χ3n) is 5.96. The van der Waals surface area contributed by atoms with Crippen molar-refractivity contribution in [1.29, 1.82) is 0 Å². The zero-order valence-corrected chi connectivity index (χ0v) is 18.7. The van der Waals surface area contributed by atoms with Crippen molar-refractivity contribution >= 4 is 22.8 Å². The Morgan fingerprint density at radius 1 is 1.09 bits per heavy atom. The SMILES string of the molecule is C=C(F)C(=O)N1CCCC(n2nc(-c3ccc(Oc4ccc(F)cc4)cc3)c3c(N)ncnc32)C1. The maximum Gasteiger partial charge on any atom is 0.282 e. The third-order valence-corrected chi connectivity index (χ3v) is 5.96. The van der Waals surface area contributed by atoms with Crippen LogP contribution >= 0.6 is 0 Å². The second-order valence-electron chi connectivity index (χ2n) is 8.28. The number of carbonyl (C=O) groups is 1. The number of nitrogens with two attached hydrogens (primary N) is 1. The predicted molar refractivity (Wildman–Crippen MR) is 127 cm³/mol. The summed E-state index contributed by atoms with van der Waals surface area (Å²) in [5, 5.41) is 5.40. The Morgan fingerprint density at radius 2 is 1.77 bits per heavy atom. The number of ether oxygens (including phenoxy) is 1. The number of nitrogens with zero attached hydrogens (tertiary/aromatic N) is 5. The van der Waals surface area contributed by atoms with E-state index in [-0.39, 0.29) is 24.2 Å². The number of anilines is 1. The van der Waals surface area contributed by atoms with Gasteiger partial charge >= 0.3 is 0 Å². The number of fused-ring (bicyclic) bond motifs is 1. The van der Waals surface area contributed by atoms with Crippen molar-refractivity contribution in [2.75, 3.05) is 18.8 Å². The molecule has 2 aromatic carbocycles. The van der Waals surface area contributed by atoms with Crippen LogP contribution in [0.4, 0.5) is 14.6 Å². The Labute approximate surface area is 199 Å². The van der Waals surface area contributed by atoms with Crippen LogP contribution < -0.4 is 10.5 Å². The topological polar surface area (TPSA) is 99.2 Å². The molecule has 2 aromatic heterocycles. The molecular weight excluding hydrogens is 454 g/mol. The van der Waals surface area contributed by atoms with Gasteiger partial charge in [0, 0.05) is 18.7 Å². The average Bonchev–Trinajstić information content (AvgIpc) is 3.26. The number of halogens is 2. The monoisotopic (exact) mass is 476 g/mol. The van der Waals surface area contributed by atoms with E-state index < -0.39 is 11.7 Å². The fourth-order valence-corrected chi connectivity index (χ4v) is 4.28. The molecule has 1 fully saturated rings. The number of aromatic nitrogens is 4. The molecule has 5 rings (SSSR count). The van der Waals surface area contributed by atoms with Crippen LogP contribution in [-0.2, 0) is 4.79 Å². The molecule has 1 amide bonds. The van der Waals surface area contributed by atoms with Crippen LogP contribution in [0.15, 0.2) is 67.3 Å². The fraction of sp³-hybridized carbons (Fsp3) is 0.200. The van der Waals surface area contributed by atoms with Crippen molar-refractivity contribution in [1.82, 2.24) is 24.6 Å². The Balaban J connectivity index is 1.48. The zero-order chi connectivity index (χ0) is 24.5. The maximum absolute atomic E-state index is 13.5. The molecule has 0 aliphatic carbocycles. The standard InChI is InChI=1S/C25H22F2N6O2/c1-15(26)25(34)32-12-2-3-18(13-32)33-24-21(23(28)29-14-30-24)22(31-33)16-4-8-19(9-5-16)35-20-10-6-17(27)7-11-20/h4-11,14,18H,1-3,12-13H2,(H2,28,29,30). The highest BCUT2D eigenvalue weighted by Gasteiger charge is 2.29. The highest BCUT2D eigenvalue weighted by Crippen LogP contribution is 2.35. The largest absolute Gasteiger partial charge is 0.457 e. The highest BCUT2D eigenvalue weighted by molar-refractivity contribution is 5.98. The first-order chi connectivity index (χ1) is 16.9. The minimum absolute atomic E-state index is 0.210. The summed E-state index contributed by atoms with van der Waals surface area (Å²) in [5.41, 5.74) is 8.10. The first-order valence-corrected chi connectivity index (χ1v) is 11.1. The Bertz CT molecular complexity index is 1400. The number of hydrogen-bond acceptors (Lipinski definition) is 6. The fourth-order valence-electron chi connectivity index (χ4n) is 4.28. The molecule has 178 valence electrons. The van der Waals surface area contributed by atoms with E-state index in [0.29, 0.717) is 41.2 Å². The maximum atomic E-state index is 13.5. The predicted octanol–water partition coefficient (Wildman–Crippen LogP) is 4.65. The van der Waals surface area contributed by atoms with Gasteiger partial charge in [0.2, 0.25) is 0 Å². The van der Waals surface area contributed by atoms with Gasteiger partial charge in [0.05, 0.1) is 11.4 Å². The summed E-state index contributed by atoms with van der Waals surface area (Å²) in [4.78, 5) is 22.1. The number of piperidine rings is 1. The van der Waals surface area contributed by atoms with Gasteiger partial charge in [0.1, 0.15) is 35.2 Å². The lowest BCUT2D eigenvalue weighted by Crippen LogP contribution is -2.41. The van der Waals surface area contributed by atoms with E-state index in [2.05, 4.69) is 16.5 Å². The summed E-state index contributed by atoms with van der Waals surface area (Å²) in [6.45, 7) is 3.87. The van der Waals surface area contributed by atoms with Gasteiger partial charge in [-0.2, -0.15) is 5.10 Å². The Kier molecular flexibility index (Phi) is 5.86. The summed E-state index contributed by atoms with van der Waals surface area (Å²) in [7, 11) is 0. The van der Waals surface area contributed by atoms with Crippen molar-refractivity contribution in [3.63, 3.8) is 0 Å². The third kappa shape index (κ3) is 4.42. The molecule has 3 heterocycles. The van der Waals surface area contributed by atoms with Crippen LogP contribution in [0.1, 0.15) is 18.9 Å². The van der Waals surface area contributed by atoms with Gasteiger partial charge in [-0.15, -0.1) is 0 Å². The number of amides is 1. The molecule has 35 heavy (non-hydrogen) atoms. The molecule has 1 unspecified atom stereocenters. The second kappa shape index (κ2) is 9.13. The van der Waals surface area contributed by atoms with Gasteiger partial charge in [-0.1, -0.05) is 6.58 Å². The first kappa shape index (κ1) is 22.5. The number of benzene rings is 2. The van der Waals surface area contributed by atoms with Gasteiger partial charge in [0.25, 0.3) is 5.91 Å². The van der Waals surface area contributed by atoms with Crippen LogP contribution in [0.2, 0.25) is 0 Å². The van der Waals surface area contributed by atoms with Crippen molar-refractivity contribution in [3.8, 4) is 22.8 Å². The van der Waals surface area contributed by atoms with Crippen LogP contribution in [0, 0.1) is 5.82 Å². The quantitative estimate of drug-likeness (QED) is 0.421. The van der Waals surface area contributed by atoms with E-state index in [1.807, 2.05) is 12.1 Å². The molecular formula is C25H22F2N6O2. The molecule has 10 heteroatoms. The van der Waals surface area contributed by atoms with Gasteiger partial charge in [-0.05, 0) is 61.4 Å². The molecule has 0 radical (unpaired) electrons. The van der Waals surface area contributed by atoms with Gasteiger partial charge in [-0.3, -0.25) is 4.79 Å². The molecule has 1 saturated heterocycles. The van der Waals surface area contributed by atoms with E-state index in [9.17, 15) is 13.6 Å². The number of nitrogen functional groups attached to an aromatic ring is 1. The molecule has 8 nitrogen and oxygen atoms in total. The number of rotatable bonds is 5. The van der Waals surface area contributed by atoms with E-state index in [0.717, 1.165) is 12.0 Å². The van der Waals surface area contributed by atoms with Crippen LogP contribution in [0.5, 0.6) is 11.5 Å². The number of likely N-dealkylation sites (tertiary alicyclic amines) is 1. The molecule has 0 bridgehead atoms.